The van der Waals surface area contributed by atoms with Gasteiger partial charge in [-0.2, -0.15) is 0 Å². The smallest absolute Gasteiger partial charge is 0.238 e. The summed E-state index contributed by atoms with van der Waals surface area (Å²) in [5.41, 5.74) is 3.73. The summed E-state index contributed by atoms with van der Waals surface area (Å²) >= 11 is 0. The Balaban J connectivity index is 1.69. The summed E-state index contributed by atoms with van der Waals surface area (Å²) in [5, 5.41) is 3.02. The first-order valence-corrected chi connectivity index (χ1v) is 9.44. The topological polar surface area (TPSA) is 32.3 Å². The van der Waals surface area contributed by atoms with E-state index in [1.54, 1.807) is 0 Å². The summed E-state index contributed by atoms with van der Waals surface area (Å²) in [5.74, 6) is 0.0751. The quantitative estimate of drug-likeness (QED) is 0.736. The lowest BCUT2D eigenvalue weighted by atomic mass is 9.89. The van der Waals surface area contributed by atoms with E-state index in [0.717, 1.165) is 25.1 Å². The van der Waals surface area contributed by atoms with Crippen LogP contribution in [0.25, 0.3) is 0 Å². The van der Waals surface area contributed by atoms with E-state index in [0.29, 0.717) is 12.6 Å². The zero-order valence-electron chi connectivity index (χ0n) is 15.1. The number of nitrogens with zero attached hydrogens (tertiary/aromatic N) is 1. The molecule has 2 aromatic carbocycles. The molecule has 0 radical (unpaired) electrons. The van der Waals surface area contributed by atoms with Crippen molar-refractivity contribution in [2.24, 2.45) is 0 Å². The van der Waals surface area contributed by atoms with E-state index in [1.165, 1.54) is 30.4 Å². The molecule has 3 rings (SSSR count). The van der Waals surface area contributed by atoms with Crippen LogP contribution in [0.4, 0.5) is 5.69 Å². The third-order valence-electron chi connectivity index (χ3n) is 5.01. The van der Waals surface area contributed by atoms with Gasteiger partial charge in [-0.3, -0.25) is 9.69 Å². The minimum atomic E-state index is 0.0751. The Kier molecular flexibility index (Phi) is 6.24. The van der Waals surface area contributed by atoms with Crippen molar-refractivity contribution < 1.29 is 4.79 Å². The molecule has 2 aromatic rings. The highest BCUT2D eigenvalue weighted by Gasteiger charge is 2.27. The van der Waals surface area contributed by atoms with E-state index in [9.17, 15) is 4.79 Å². The molecular formula is C22H28N2O. The summed E-state index contributed by atoms with van der Waals surface area (Å²) in [4.78, 5) is 14.9. The normalized spacial score (nSPS) is 17.1. The number of benzene rings is 2. The minimum absolute atomic E-state index is 0.0751. The molecule has 0 spiro atoms. The molecule has 25 heavy (non-hydrogen) atoms. The average Bonchev–Trinajstić information content (AvgIpc) is 2.64. The van der Waals surface area contributed by atoms with E-state index in [-0.39, 0.29) is 5.91 Å². The molecule has 1 N–H and O–H groups in total. The van der Waals surface area contributed by atoms with Gasteiger partial charge in [0.2, 0.25) is 5.91 Å². The molecule has 3 heteroatoms. The maximum Gasteiger partial charge on any atom is 0.238 e. The molecule has 0 aromatic heterocycles. The number of rotatable bonds is 7. The van der Waals surface area contributed by atoms with Crippen LogP contribution < -0.4 is 5.32 Å². The van der Waals surface area contributed by atoms with Gasteiger partial charge < -0.3 is 5.32 Å². The van der Waals surface area contributed by atoms with Crippen molar-refractivity contribution in [3.63, 3.8) is 0 Å². The third kappa shape index (κ3) is 4.70. The lowest BCUT2D eigenvalue weighted by molar-refractivity contribution is -0.118. The molecule has 0 aliphatic carbocycles. The van der Waals surface area contributed by atoms with Gasteiger partial charge in [0.25, 0.3) is 0 Å². The van der Waals surface area contributed by atoms with Crippen molar-refractivity contribution in [3.8, 4) is 0 Å². The molecule has 0 bridgehead atoms. The number of amides is 1. The van der Waals surface area contributed by atoms with Gasteiger partial charge in [0.15, 0.2) is 0 Å². The van der Waals surface area contributed by atoms with Gasteiger partial charge >= 0.3 is 0 Å². The number of anilines is 1. The zero-order chi connectivity index (χ0) is 17.5. The molecule has 1 aliphatic rings. The third-order valence-corrected chi connectivity index (χ3v) is 5.01. The fourth-order valence-electron chi connectivity index (χ4n) is 3.73. The number of carbonyl (C=O) groups is 1. The summed E-state index contributed by atoms with van der Waals surface area (Å²) in [7, 11) is 0. The van der Waals surface area contributed by atoms with Crippen molar-refractivity contribution in [2.45, 2.75) is 45.1 Å². The molecule has 1 atom stereocenters. The summed E-state index contributed by atoms with van der Waals surface area (Å²) in [6.45, 7) is 3.65. The van der Waals surface area contributed by atoms with Crippen molar-refractivity contribution in [1.82, 2.24) is 4.90 Å². The zero-order valence-corrected chi connectivity index (χ0v) is 15.1. The fraction of sp³-hybridized carbons (Fsp3) is 0.409. The van der Waals surface area contributed by atoms with E-state index in [4.69, 9.17) is 0 Å². The predicted molar refractivity (Wildman–Crippen MR) is 104 cm³/mol. The Morgan fingerprint density at radius 1 is 1.08 bits per heavy atom. The van der Waals surface area contributed by atoms with E-state index in [1.807, 2.05) is 30.3 Å². The highest BCUT2D eigenvalue weighted by molar-refractivity contribution is 5.92. The standard InChI is InChI=1S/C22H28N2O/c1-2-3-5-14-21-20-13-9-8-10-18(20)15-16-24(21)17-22(25)23-19-11-6-4-7-12-19/h4,6-13,21H,2-3,5,14-17H2,1H3,(H,23,25). The van der Waals surface area contributed by atoms with Crippen LogP contribution in [0.1, 0.15) is 49.8 Å². The minimum Gasteiger partial charge on any atom is -0.325 e. The van der Waals surface area contributed by atoms with Crippen molar-refractivity contribution in [2.75, 3.05) is 18.4 Å². The maximum atomic E-state index is 12.5. The monoisotopic (exact) mass is 336 g/mol. The molecule has 132 valence electrons. The van der Waals surface area contributed by atoms with Crippen LogP contribution in [0.2, 0.25) is 0 Å². The molecule has 1 amide bonds. The number of unbranched alkanes of at least 4 members (excludes halogenated alkanes) is 2. The Morgan fingerprint density at radius 3 is 2.64 bits per heavy atom. The number of para-hydroxylation sites is 1. The number of hydrogen-bond donors (Lipinski definition) is 1. The van der Waals surface area contributed by atoms with Gasteiger partial charge in [-0.15, -0.1) is 0 Å². The molecule has 0 fully saturated rings. The second kappa shape index (κ2) is 8.82. The van der Waals surface area contributed by atoms with Crippen molar-refractivity contribution in [3.05, 3.63) is 65.7 Å². The number of fused-ring (bicyclic) bond motifs is 1. The predicted octanol–water partition coefficient (Wildman–Crippen LogP) is 4.80. The highest BCUT2D eigenvalue weighted by atomic mass is 16.2. The molecule has 1 heterocycles. The Labute approximate surface area is 151 Å². The van der Waals surface area contributed by atoms with Gasteiger partial charge in [0, 0.05) is 18.3 Å². The van der Waals surface area contributed by atoms with E-state index in [2.05, 4.69) is 41.4 Å². The second-order valence-electron chi connectivity index (χ2n) is 6.85. The molecule has 0 saturated carbocycles. The molecule has 1 unspecified atom stereocenters. The van der Waals surface area contributed by atoms with Crippen LogP contribution in [0.5, 0.6) is 0 Å². The first-order chi connectivity index (χ1) is 12.3. The lowest BCUT2D eigenvalue weighted by Gasteiger charge is -2.37. The Bertz CT molecular complexity index is 683. The number of nitrogens with one attached hydrogen (secondary N) is 1. The maximum absolute atomic E-state index is 12.5. The molecular weight excluding hydrogens is 308 g/mol. The summed E-state index contributed by atoms with van der Waals surface area (Å²) < 4.78 is 0. The number of carbonyl (C=O) groups excluding carboxylic acids is 1. The SMILES string of the molecule is CCCCCC1c2ccccc2CCN1CC(=O)Nc1ccccc1. The van der Waals surface area contributed by atoms with Crippen molar-refractivity contribution in [1.29, 1.82) is 0 Å². The van der Waals surface area contributed by atoms with Gasteiger partial charge in [-0.25, -0.2) is 0 Å². The van der Waals surface area contributed by atoms with Crippen molar-refractivity contribution >= 4 is 11.6 Å². The summed E-state index contributed by atoms with van der Waals surface area (Å²) in [6.07, 6.45) is 5.85. The van der Waals surface area contributed by atoms with Gasteiger partial charge in [-0.05, 0) is 36.1 Å². The Morgan fingerprint density at radius 2 is 1.84 bits per heavy atom. The summed E-state index contributed by atoms with van der Waals surface area (Å²) in [6, 6.07) is 18.8. The van der Waals surface area contributed by atoms with Gasteiger partial charge in [-0.1, -0.05) is 68.7 Å². The van der Waals surface area contributed by atoms with E-state index >= 15 is 0 Å². The molecule has 3 nitrogen and oxygen atoms in total. The van der Waals surface area contributed by atoms with E-state index < -0.39 is 0 Å². The van der Waals surface area contributed by atoms with Gasteiger partial charge in [0.05, 0.1) is 6.54 Å². The van der Waals surface area contributed by atoms with Crippen LogP contribution in [0, 0.1) is 0 Å². The van der Waals surface area contributed by atoms with Crippen LogP contribution >= 0.6 is 0 Å². The highest BCUT2D eigenvalue weighted by Crippen LogP contribution is 2.33. The van der Waals surface area contributed by atoms with Crippen LogP contribution in [-0.4, -0.2) is 23.9 Å². The first kappa shape index (κ1) is 17.7. The second-order valence-corrected chi connectivity index (χ2v) is 6.85. The van der Waals surface area contributed by atoms with Crippen LogP contribution in [-0.2, 0) is 11.2 Å². The van der Waals surface area contributed by atoms with Gasteiger partial charge in [0.1, 0.15) is 0 Å². The van der Waals surface area contributed by atoms with Crippen LogP contribution in [0.15, 0.2) is 54.6 Å². The Hall–Kier alpha value is -2.13. The largest absolute Gasteiger partial charge is 0.325 e. The van der Waals surface area contributed by atoms with Crippen LogP contribution in [0.3, 0.4) is 0 Å². The molecule has 0 saturated heterocycles. The number of hydrogen-bond acceptors (Lipinski definition) is 2. The average molecular weight is 336 g/mol. The fourth-order valence-corrected chi connectivity index (χ4v) is 3.73. The molecule has 1 aliphatic heterocycles. The lowest BCUT2D eigenvalue weighted by Crippen LogP contribution is -2.40. The first-order valence-electron chi connectivity index (χ1n) is 9.44.